The maximum atomic E-state index is 11.8. The van der Waals surface area contributed by atoms with Crippen LogP contribution in [-0.4, -0.2) is 45.7 Å². The van der Waals surface area contributed by atoms with Gasteiger partial charge in [0.1, 0.15) is 11.5 Å². The van der Waals surface area contributed by atoms with Crippen LogP contribution in [0.4, 0.5) is 0 Å². The highest BCUT2D eigenvalue weighted by Crippen LogP contribution is 2.31. The number of nitrogens with one attached hydrogen (secondary N) is 1. The molecule has 0 unspecified atom stereocenters. The third-order valence-corrected chi connectivity index (χ3v) is 3.02. The Balaban J connectivity index is 2.95. The van der Waals surface area contributed by atoms with Gasteiger partial charge < -0.3 is 19.7 Å². The van der Waals surface area contributed by atoms with E-state index in [0.717, 1.165) is 22.6 Å². The Morgan fingerprint density at radius 2 is 2.00 bits per heavy atom. The van der Waals surface area contributed by atoms with Gasteiger partial charge in [-0.2, -0.15) is 0 Å². The Labute approximate surface area is 114 Å². The molecule has 0 bridgehead atoms. The molecule has 5 nitrogen and oxygen atoms in total. The molecule has 1 rings (SSSR count). The average Bonchev–Trinajstić information content (AvgIpc) is 2.39. The van der Waals surface area contributed by atoms with Gasteiger partial charge in [-0.3, -0.25) is 4.79 Å². The predicted octanol–water partition coefficient (Wildman–Crippen LogP) is 1.19. The summed E-state index contributed by atoms with van der Waals surface area (Å²) >= 11 is 0. The summed E-state index contributed by atoms with van der Waals surface area (Å²) in [5.74, 6) is 1.59. The van der Waals surface area contributed by atoms with Crippen LogP contribution < -0.4 is 14.8 Å². The van der Waals surface area contributed by atoms with Gasteiger partial charge in [0.2, 0.25) is 5.91 Å². The Bertz CT molecular complexity index is 447. The lowest BCUT2D eigenvalue weighted by atomic mass is 10.1. The molecule has 0 heterocycles. The Kier molecular flexibility index (Phi) is 5.63. The zero-order valence-corrected chi connectivity index (χ0v) is 12.2. The third kappa shape index (κ3) is 3.61. The van der Waals surface area contributed by atoms with Crippen LogP contribution in [-0.2, 0) is 11.3 Å². The van der Waals surface area contributed by atoms with Gasteiger partial charge in [-0.1, -0.05) is 0 Å². The van der Waals surface area contributed by atoms with E-state index >= 15 is 0 Å². The van der Waals surface area contributed by atoms with Gasteiger partial charge in [-0.05, 0) is 26.1 Å². The maximum Gasteiger partial charge on any atom is 0.236 e. The number of hydrogen-bond acceptors (Lipinski definition) is 4. The number of carbonyl (C=O) groups excluding carboxylic acids is 1. The third-order valence-electron chi connectivity index (χ3n) is 3.02. The lowest BCUT2D eigenvalue weighted by Gasteiger charge is -2.20. The number of amides is 1. The van der Waals surface area contributed by atoms with Crippen molar-refractivity contribution in [3.63, 3.8) is 0 Å². The van der Waals surface area contributed by atoms with Crippen molar-refractivity contribution in [2.24, 2.45) is 0 Å². The summed E-state index contributed by atoms with van der Waals surface area (Å²) in [5.41, 5.74) is 1.91. The summed E-state index contributed by atoms with van der Waals surface area (Å²) in [7, 11) is 6.78. The lowest BCUT2D eigenvalue weighted by Crippen LogP contribution is -2.33. The number of nitrogens with zero attached hydrogens (tertiary/aromatic N) is 1. The first-order valence-corrected chi connectivity index (χ1v) is 6.14. The van der Waals surface area contributed by atoms with Crippen LogP contribution >= 0.6 is 0 Å². The molecule has 0 saturated heterocycles. The molecule has 5 heteroatoms. The molecule has 0 aliphatic carbocycles. The molecular weight excluding hydrogens is 244 g/mol. The average molecular weight is 266 g/mol. The molecule has 0 atom stereocenters. The Morgan fingerprint density at radius 3 is 2.53 bits per heavy atom. The van der Waals surface area contributed by atoms with Crippen molar-refractivity contribution in [2.75, 3.05) is 34.9 Å². The molecular formula is C14H22N2O3. The van der Waals surface area contributed by atoms with Crippen LogP contribution in [0.25, 0.3) is 0 Å². The standard InChI is InChI=1S/C14H22N2O3/c1-10-12(18-4)7-6-11(14(10)19-5)9-16(3)13(17)8-15-2/h6-7,15H,8-9H2,1-5H3. The first-order valence-electron chi connectivity index (χ1n) is 6.14. The number of benzene rings is 1. The summed E-state index contributed by atoms with van der Waals surface area (Å²) in [6.45, 7) is 2.78. The van der Waals surface area contributed by atoms with Crippen molar-refractivity contribution in [1.29, 1.82) is 0 Å². The number of hydrogen-bond donors (Lipinski definition) is 1. The van der Waals surface area contributed by atoms with Crippen LogP contribution in [0.1, 0.15) is 11.1 Å². The Hall–Kier alpha value is -1.75. The van der Waals surface area contributed by atoms with E-state index in [1.54, 1.807) is 33.2 Å². The quantitative estimate of drug-likeness (QED) is 0.840. The van der Waals surface area contributed by atoms with Crippen LogP contribution in [0.2, 0.25) is 0 Å². The zero-order valence-electron chi connectivity index (χ0n) is 12.2. The fourth-order valence-corrected chi connectivity index (χ4v) is 1.99. The summed E-state index contributed by atoms with van der Waals surface area (Å²) < 4.78 is 10.7. The fourth-order valence-electron chi connectivity index (χ4n) is 1.99. The van der Waals surface area contributed by atoms with Crippen LogP contribution in [0.5, 0.6) is 11.5 Å². The smallest absolute Gasteiger partial charge is 0.236 e. The summed E-state index contributed by atoms with van der Waals surface area (Å²) in [4.78, 5) is 13.4. The Morgan fingerprint density at radius 1 is 1.32 bits per heavy atom. The summed E-state index contributed by atoms with van der Waals surface area (Å²) in [6, 6.07) is 3.82. The molecule has 0 aliphatic rings. The SMILES string of the molecule is CNCC(=O)N(C)Cc1ccc(OC)c(C)c1OC. The van der Waals surface area contributed by atoms with Gasteiger partial charge in [0, 0.05) is 24.7 Å². The first kappa shape index (κ1) is 15.3. The number of carbonyl (C=O) groups is 1. The predicted molar refractivity (Wildman–Crippen MR) is 74.7 cm³/mol. The molecule has 1 amide bonds. The first-order chi connectivity index (χ1) is 9.04. The highest BCUT2D eigenvalue weighted by atomic mass is 16.5. The molecule has 0 fully saturated rings. The molecule has 0 aromatic heterocycles. The summed E-state index contributed by atoms with van der Waals surface area (Å²) in [5, 5.41) is 2.85. The van der Waals surface area contributed by atoms with E-state index in [0.29, 0.717) is 13.1 Å². The minimum absolute atomic E-state index is 0.0398. The van der Waals surface area contributed by atoms with Gasteiger partial charge in [0.25, 0.3) is 0 Å². The molecule has 19 heavy (non-hydrogen) atoms. The number of methoxy groups -OCH3 is 2. The van der Waals surface area contributed by atoms with Crippen molar-refractivity contribution >= 4 is 5.91 Å². The molecule has 1 aromatic carbocycles. The molecule has 0 saturated carbocycles. The molecule has 1 aromatic rings. The minimum atomic E-state index is 0.0398. The van der Waals surface area contributed by atoms with Crippen LogP contribution in [0.15, 0.2) is 12.1 Å². The van der Waals surface area contributed by atoms with E-state index in [1.165, 1.54) is 0 Å². The number of ether oxygens (including phenoxy) is 2. The molecule has 106 valence electrons. The van der Waals surface area contributed by atoms with Gasteiger partial charge in [0.15, 0.2) is 0 Å². The molecule has 0 aliphatic heterocycles. The second-order valence-electron chi connectivity index (χ2n) is 4.37. The molecule has 1 N–H and O–H groups in total. The zero-order chi connectivity index (χ0) is 14.4. The van der Waals surface area contributed by atoms with Gasteiger partial charge in [-0.15, -0.1) is 0 Å². The number of rotatable bonds is 6. The van der Waals surface area contributed by atoms with E-state index in [1.807, 2.05) is 19.1 Å². The monoisotopic (exact) mass is 266 g/mol. The van der Waals surface area contributed by atoms with E-state index in [-0.39, 0.29) is 5.91 Å². The molecule has 0 radical (unpaired) electrons. The van der Waals surface area contributed by atoms with Crippen LogP contribution in [0, 0.1) is 6.92 Å². The lowest BCUT2D eigenvalue weighted by molar-refractivity contribution is -0.129. The van der Waals surface area contributed by atoms with Crippen molar-refractivity contribution in [1.82, 2.24) is 10.2 Å². The fraction of sp³-hybridized carbons (Fsp3) is 0.500. The van der Waals surface area contributed by atoms with Crippen LogP contribution in [0.3, 0.4) is 0 Å². The normalized spacial score (nSPS) is 10.2. The van der Waals surface area contributed by atoms with Crippen molar-refractivity contribution in [3.05, 3.63) is 23.3 Å². The second-order valence-corrected chi connectivity index (χ2v) is 4.37. The van der Waals surface area contributed by atoms with E-state index in [9.17, 15) is 4.79 Å². The van der Waals surface area contributed by atoms with E-state index in [2.05, 4.69) is 5.32 Å². The largest absolute Gasteiger partial charge is 0.496 e. The van der Waals surface area contributed by atoms with Gasteiger partial charge in [-0.25, -0.2) is 0 Å². The van der Waals surface area contributed by atoms with E-state index < -0.39 is 0 Å². The number of likely N-dealkylation sites (N-methyl/N-ethyl adjacent to an activating group) is 2. The van der Waals surface area contributed by atoms with Crippen molar-refractivity contribution in [2.45, 2.75) is 13.5 Å². The highest BCUT2D eigenvalue weighted by molar-refractivity contribution is 5.78. The summed E-state index contributed by atoms with van der Waals surface area (Å²) in [6.07, 6.45) is 0. The molecule has 0 spiro atoms. The van der Waals surface area contributed by atoms with Crippen molar-refractivity contribution < 1.29 is 14.3 Å². The second kappa shape index (κ2) is 6.99. The topological polar surface area (TPSA) is 50.8 Å². The van der Waals surface area contributed by atoms with Crippen molar-refractivity contribution in [3.8, 4) is 11.5 Å². The van der Waals surface area contributed by atoms with E-state index in [4.69, 9.17) is 9.47 Å². The van der Waals surface area contributed by atoms with Gasteiger partial charge in [0.05, 0.1) is 20.8 Å². The minimum Gasteiger partial charge on any atom is -0.496 e. The van der Waals surface area contributed by atoms with Gasteiger partial charge >= 0.3 is 0 Å². The highest BCUT2D eigenvalue weighted by Gasteiger charge is 2.15. The maximum absolute atomic E-state index is 11.8.